The van der Waals surface area contributed by atoms with Crippen molar-refractivity contribution >= 4 is 27.5 Å². The average molecular weight is 414 g/mol. The summed E-state index contributed by atoms with van der Waals surface area (Å²) in [5.74, 6) is 0.322. The first-order valence-corrected chi connectivity index (χ1v) is 11.2. The highest BCUT2D eigenvalue weighted by Crippen LogP contribution is 2.21. The van der Waals surface area contributed by atoms with Crippen LogP contribution in [-0.2, 0) is 10.0 Å². The van der Waals surface area contributed by atoms with Gasteiger partial charge in [0.1, 0.15) is 5.84 Å². The molecule has 2 aromatic rings. The summed E-state index contributed by atoms with van der Waals surface area (Å²) >= 11 is 0. The van der Waals surface area contributed by atoms with Crippen LogP contribution in [0.15, 0.2) is 51.8 Å². The van der Waals surface area contributed by atoms with E-state index >= 15 is 0 Å². The molecule has 0 radical (unpaired) electrons. The lowest BCUT2D eigenvalue weighted by atomic mass is 10.0. The van der Waals surface area contributed by atoms with Gasteiger partial charge < -0.3 is 10.2 Å². The number of carbonyl (C=O) groups excluding carboxylic acids is 1. The minimum absolute atomic E-state index is 0.0708. The van der Waals surface area contributed by atoms with E-state index in [0.29, 0.717) is 23.5 Å². The molecule has 3 rings (SSSR count). The number of hydrogen-bond donors (Lipinski definition) is 1. The molecule has 0 bridgehead atoms. The van der Waals surface area contributed by atoms with E-state index in [1.54, 1.807) is 18.2 Å². The highest BCUT2D eigenvalue weighted by Gasteiger charge is 2.19. The number of amidine groups is 1. The summed E-state index contributed by atoms with van der Waals surface area (Å²) in [6, 6.07) is 11.8. The molecule has 0 aliphatic carbocycles. The Morgan fingerprint density at radius 3 is 2.62 bits per heavy atom. The topological polar surface area (TPSA) is 78.8 Å². The zero-order valence-corrected chi connectivity index (χ0v) is 17.9. The third kappa shape index (κ3) is 5.03. The first-order chi connectivity index (χ1) is 13.8. The van der Waals surface area contributed by atoms with Gasteiger partial charge in [0.2, 0.25) is 0 Å². The van der Waals surface area contributed by atoms with Crippen molar-refractivity contribution in [3.05, 3.63) is 59.2 Å². The zero-order valence-electron chi connectivity index (χ0n) is 17.1. The molecule has 1 aliphatic rings. The second-order valence-electron chi connectivity index (χ2n) is 7.44. The summed E-state index contributed by atoms with van der Waals surface area (Å²) in [7, 11) is -1.98. The van der Waals surface area contributed by atoms with E-state index in [4.69, 9.17) is 0 Å². The monoisotopic (exact) mass is 413 g/mol. The smallest absolute Gasteiger partial charge is 0.284 e. The van der Waals surface area contributed by atoms with E-state index in [-0.39, 0.29) is 10.8 Å². The Morgan fingerprint density at radius 2 is 1.83 bits per heavy atom. The number of nitrogens with zero attached hydrogens (tertiary/aromatic N) is 2. The fourth-order valence-corrected chi connectivity index (χ4v) is 4.51. The molecule has 0 atom stereocenters. The minimum Gasteiger partial charge on any atom is -0.362 e. The second kappa shape index (κ2) is 8.78. The van der Waals surface area contributed by atoms with Crippen molar-refractivity contribution in [3.8, 4) is 0 Å². The Morgan fingerprint density at radius 1 is 1.07 bits per heavy atom. The van der Waals surface area contributed by atoms with Crippen molar-refractivity contribution in [2.24, 2.45) is 4.40 Å². The van der Waals surface area contributed by atoms with Gasteiger partial charge in [-0.3, -0.25) is 4.79 Å². The summed E-state index contributed by atoms with van der Waals surface area (Å²) in [6.07, 6.45) is 3.70. The molecule has 154 valence electrons. The molecule has 1 fully saturated rings. The second-order valence-corrected chi connectivity index (χ2v) is 9.05. The molecule has 6 nitrogen and oxygen atoms in total. The van der Waals surface area contributed by atoms with Crippen LogP contribution < -0.4 is 5.32 Å². The summed E-state index contributed by atoms with van der Waals surface area (Å²) in [5, 5.41) is 2.80. The van der Waals surface area contributed by atoms with Crippen LogP contribution in [0.1, 0.15) is 47.2 Å². The molecular weight excluding hydrogens is 386 g/mol. The Bertz CT molecular complexity index is 1050. The number of aryl methyl sites for hydroxylation is 1. The van der Waals surface area contributed by atoms with Crippen LogP contribution in [0.4, 0.5) is 5.69 Å². The SMILES string of the molecule is Cc1cccc(C(=O)Nc2cccc(S(=O)(=O)/N=C3/CCCCCN3C)c2)c1C. The quantitative estimate of drug-likeness (QED) is 0.817. The Hall–Kier alpha value is -2.67. The zero-order chi connectivity index (χ0) is 21.0. The number of amides is 1. The summed E-state index contributed by atoms with van der Waals surface area (Å²) < 4.78 is 29.8. The largest absolute Gasteiger partial charge is 0.362 e. The molecule has 7 heteroatoms. The number of nitrogens with one attached hydrogen (secondary N) is 1. The number of sulfonamides is 1. The lowest BCUT2D eigenvalue weighted by Gasteiger charge is -2.17. The van der Waals surface area contributed by atoms with Crippen LogP contribution >= 0.6 is 0 Å². The minimum atomic E-state index is -3.85. The molecule has 1 heterocycles. The van der Waals surface area contributed by atoms with Crippen LogP contribution in [0, 0.1) is 13.8 Å². The maximum atomic E-state index is 12.8. The van der Waals surface area contributed by atoms with E-state index in [0.717, 1.165) is 36.9 Å². The highest BCUT2D eigenvalue weighted by molar-refractivity contribution is 7.90. The van der Waals surface area contributed by atoms with Crippen molar-refractivity contribution in [2.75, 3.05) is 18.9 Å². The Balaban J connectivity index is 1.85. The predicted octanol–water partition coefficient (Wildman–Crippen LogP) is 4.15. The van der Waals surface area contributed by atoms with E-state index in [1.165, 1.54) is 12.1 Å². The number of benzene rings is 2. The fraction of sp³-hybridized carbons (Fsp3) is 0.364. The lowest BCUT2D eigenvalue weighted by Crippen LogP contribution is -2.26. The Kier molecular flexibility index (Phi) is 6.37. The molecule has 1 amide bonds. The van der Waals surface area contributed by atoms with Gasteiger partial charge in [-0.1, -0.05) is 24.6 Å². The average Bonchev–Trinajstić information content (AvgIpc) is 2.88. The predicted molar refractivity (Wildman–Crippen MR) is 116 cm³/mol. The third-order valence-electron chi connectivity index (χ3n) is 5.30. The first kappa shape index (κ1) is 21.0. The van der Waals surface area contributed by atoms with Crippen molar-refractivity contribution < 1.29 is 13.2 Å². The molecule has 0 spiro atoms. The van der Waals surface area contributed by atoms with Crippen LogP contribution in [0.3, 0.4) is 0 Å². The molecule has 1 N–H and O–H groups in total. The fourth-order valence-electron chi connectivity index (χ4n) is 3.37. The highest BCUT2D eigenvalue weighted by atomic mass is 32.2. The molecule has 29 heavy (non-hydrogen) atoms. The molecule has 0 saturated carbocycles. The maximum absolute atomic E-state index is 12.8. The van der Waals surface area contributed by atoms with Gasteiger partial charge in [0.25, 0.3) is 15.9 Å². The van der Waals surface area contributed by atoms with E-state index in [2.05, 4.69) is 9.71 Å². The Labute approximate surface area is 172 Å². The van der Waals surface area contributed by atoms with E-state index < -0.39 is 10.0 Å². The number of carbonyl (C=O) groups is 1. The van der Waals surface area contributed by atoms with Crippen LogP contribution in [0.5, 0.6) is 0 Å². The normalized spacial score (nSPS) is 16.5. The molecular formula is C22H27N3O3S. The van der Waals surface area contributed by atoms with Crippen molar-refractivity contribution in [1.29, 1.82) is 0 Å². The summed E-state index contributed by atoms with van der Waals surface area (Å²) in [5.41, 5.74) is 2.92. The van der Waals surface area contributed by atoms with Gasteiger partial charge in [0, 0.05) is 31.3 Å². The summed E-state index contributed by atoms with van der Waals surface area (Å²) in [6.45, 7) is 4.65. The van der Waals surface area contributed by atoms with Gasteiger partial charge >= 0.3 is 0 Å². The van der Waals surface area contributed by atoms with Gasteiger partial charge in [-0.25, -0.2) is 0 Å². The van der Waals surface area contributed by atoms with Crippen molar-refractivity contribution in [3.63, 3.8) is 0 Å². The molecule has 2 aromatic carbocycles. The van der Waals surface area contributed by atoms with Crippen LogP contribution in [0.25, 0.3) is 0 Å². The number of anilines is 1. The van der Waals surface area contributed by atoms with Gasteiger partial charge in [-0.15, -0.1) is 4.40 Å². The van der Waals surface area contributed by atoms with Crippen molar-refractivity contribution in [1.82, 2.24) is 4.90 Å². The van der Waals surface area contributed by atoms with E-state index in [9.17, 15) is 13.2 Å². The van der Waals surface area contributed by atoms with Crippen LogP contribution in [0.2, 0.25) is 0 Å². The van der Waals surface area contributed by atoms with Crippen LogP contribution in [-0.4, -0.2) is 38.7 Å². The standard InChI is InChI=1S/C22H27N3O3S/c1-16-9-7-12-20(17(16)2)22(26)23-18-10-8-11-19(15-18)29(27,28)24-21-13-5-4-6-14-25(21)3/h7-12,15H,4-6,13-14H2,1-3H3,(H,23,26)/b24-21-. The van der Waals surface area contributed by atoms with Crippen molar-refractivity contribution in [2.45, 2.75) is 44.4 Å². The molecule has 0 aromatic heterocycles. The molecule has 1 aliphatic heterocycles. The molecule has 1 saturated heterocycles. The number of likely N-dealkylation sites (tertiary alicyclic amines) is 1. The first-order valence-electron chi connectivity index (χ1n) is 9.80. The van der Waals surface area contributed by atoms with Gasteiger partial charge in [0.05, 0.1) is 4.90 Å². The van der Waals surface area contributed by atoms with Gasteiger partial charge in [0.15, 0.2) is 0 Å². The molecule has 0 unspecified atom stereocenters. The summed E-state index contributed by atoms with van der Waals surface area (Å²) in [4.78, 5) is 14.6. The van der Waals surface area contributed by atoms with Gasteiger partial charge in [-0.2, -0.15) is 8.42 Å². The third-order valence-corrected chi connectivity index (χ3v) is 6.60. The number of rotatable bonds is 4. The number of hydrogen-bond acceptors (Lipinski definition) is 3. The van der Waals surface area contributed by atoms with Gasteiger partial charge in [-0.05, 0) is 62.1 Å². The van der Waals surface area contributed by atoms with E-state index in [1.807, 2.05) is 37.9 Å². The maximum Gasteiger partial charge on any atom is 0.284 e. The lowest BCUT2D eigenvalue weighted by molar-refractivity contribution is 0.102.